The SMILES string of the molecule is CNCCc1c(C)nn(CCc2ccc(OC)cc2)c1C. The molecule has 1 aromatic heterocycles. The summed E-state index contributed by atoms with van der Waals surface area (Å²) in [6.45, 7) is 6.17. The molecule has 0 fully saturated rings. The van der Waals surface area contributed by atoms with E-state index in [0.29, 0.717) is 0 Å². The van der Waals surface area contributed by atoms with Crippen LogP contribution in [0, 0.1) is 13.8 Å². The first-order valence-electron chi connectivity index (χ1n) is 7.46. The summed E-state index contributed by atoms with van der Waals surface area (Å²) < 4.78 is 7.31. The van der Waals surface area contributed by atoms with Crippen LogP contribution < -0.4 is 10.1 Å². The second-order valence-corrected chi connectivity index (χ2v) is 5.32. The van der Waals surface area contributed by atoms with Crippen molar-refractivity contribution in [3.05, 3.63) is 46.8 Å². The maximum Gasteiger partial charge on any atom is 0.118 e. The number of ether oxygens (including phenoxy) is 1. The van der Waals surface area contributed by atoms with Gasteiger partial charge in [-0.1, -0.05) is 12.1 Å². The fourth-order valence-electron chi connectivity index (χ4n) is 2.59. The number of nitrogens with zero attached hydrogens (tertiary/aromatic N) is 2. The smallest absolute Gasteiger partial charge is 0.118 e. The van der Waals surface area contributed by atoms with Crippen molar-refractivity contribution in [3.63, 3.8) is 0 Å². The van der Waals surface area contributed by atoms with Gasteiger partial charge in [-0.3, -0.25) is 4.68 Å². The molecule has 0 atom stereocenters. The van der Waals surface area contributed by atoms with E-state index < -0.39 is 0 Å². The molecule has 1 N–H and O–H groups in total. The molecule has 0 saturated carbocycles. The van der Waals surface area contributed by atoms with E-state index in [1.54, 1.807) is 7.11 Å². The second kappa shape index (κ2) is 7.27. The van der Waals surface area contributed by atoms with Gasteiger partial charge in [0.25, 0.3) is 0 Å². The molecule has 0 aliphatic carbocycles. The first kappa shape index (κ1) is 15.6. The molecular formula is C17H25N3O. The molecule has 0 bridgehead atoms. The van der Waals surface area contributed by atoms with Crippen LogP contribution in [-0.4, -0.2) is 30.5 Å². The zero-order valence-corrected chi connectivity index (χ0v) is 13.4. The van der Waals surface area contributed by atoms with E-state index >= 15 is 0 Å². The molecule has 21 heavy (non-hydrogen) atoms. The van der Waals surface area contributed by atoms with Crippen molar-refractivity contribution >= 4 is 0 Å². The van der Waals surface area contributed by atoms with Crippen LogP contribution in [0.2, 0.25) is 0 Å². The second-order valence-electron chi connectivity index (χ2n) is 5.32. The number of benzene rings is 1. The van der Waals surface area contributed by atoms with Crippen molar-refractivity contribution in [1.82, 2.24) is 15.1 Å². The highest BCUT2D eigenvalue weighted by atomic mass is 16.5. The van der Waals surface area contributed by atoms with Crippen LogP contribution >= 0.6 is 0 Å². The summed E-state index contributed by atoms with van der Waals surface area (Å²) in [5.74, 6) is 0.902. The van der Waals surface area contributed by atoms with Gasteiger partial charge in [0.2, 0.25) is 0 Å². The third kappa shape index (κ3) is 3.85. The average Bonchev–Trinajstić information content (AvgIpc) is 2.78. The van der Waals surface area contributed by atoms with E-state index in [9.17, 15) is 0 Å². The van der Waals surface area contributed by atoms with Crippen LogP contribution in [0.15, 0.2) is 24.3 Å². The molecule has 0 amide bonds. The lowest BCUT2D eigenvalue weighted by atomic mass is 10.1. The Balaban J connectivity index is 2.02. The van der Waals surface area contributed by atoms with E-state index in [0.717, 1.165) is 37.4 Å². The number of aryl methyl sites for hydroxylation is 3. The number of hydrogen-bond acceptors (Lipinski definition) is 3. The zero-order valence-electron chi connectivity index (χ0n) is 13.4. The Kier molecular flexibility index (Phi) is 5.39. The summed E-state index contributed by atoms with van der Waals surface area (Å²) in [6.07, 6.45) is 2.02. The number of likely N-dealkylation sites (N-methyl/N-ethyl adjacent to an activating group) is 1. The average molecular weight is 287 g/mol. The summed E-state index contributed by atoms with van der Waals surface area (Å²) in [7, 11) is 3.68. The van der Waals surface area contributed by atoms with Crippen LogP contribution in [0.25, 0.3) is 0 Å². The van der Waals surface area contributed by atoms with Gasteiger partial charge < -0.3 is 10.1 Å². The fourth-order valence-corrected chi connectivity index (χ4v) is 2.59. The van der Waals surface area contributed by atoms with Crippen molar-refractivity contribution in [2.75, 3.05) is 20.7 Å². The van der Waals surface area contributed by atoms with Gasteiger partial charge in [0.05, 0.1) is 12.8 Å². The van der Waals surface area contributed by atoms with Crippen molar-refractivity contribution in [2.45, 2.75) is 33.2 Å². The Hall–Kier alpha value is -1.81. The Morgan fingerprint density at radius 2 is 1.86 bits per heavy atom. The standard InChI is InChI=1S/C17H25N3O/c1-13-17(9-11-18-3)14(2)20(19-13)12-10-15-5-7-16(21-4)8-6-15/h5-8,18H,9-12H2,1-4H3. The number of methoxy groups -OCH3 is 1. The van der Waals surface area contributed by atoms with E-state index in [2.05, 4.69) is 41.1 Å². The number of nitrogens with one attached hydrogen (secondary N) is 1. The molecule has 114 valence electrons. The Labute approximate surface area is 127 Å². The van der Waals surface area contributed by atoms with Gasteiger partial charge in [-0.2, -0.15) is 5.10 Å². The Morgan fingerprint density at radius 1 is 1.14 bits per heavy atom. The Morgan fingerprint density at radius 3 is 2.48 bits per heavy atom. The molecule has 2 aromatic rings. The minimum atomic E-state index is 0.902. The van der Waals surface area contributed by atoms with Gasteiger partial charge in [0.1, 0.15) is 5.75 Å². The lowest BCUT2D eigenvalue weighted by Gasteiger charge is -2.07. The molecule has 0 radical (unpaired) electrons. The van der Waals surface area contributed by atoms with Gasteiger partial charge in [-0.25, -0.2) is 0 Å². The summed E-state index contributed by atoms with van der Waals surface area (Å²) in [5.41, 5.74) is 5.12. The van der Waals surface area contributed by atoms with E-state index in [1.165, 1.54) is 16.8 Å². The number of rotatable bonds is 7. The first-order chi connectivity index (χ1) is 10.2. The normalized spacial score (nSPS) is 10.9. The molecule has 2 rings (SSSR count). The van der Waals surface area contributed by atoms with E-state index in [1.807, 2.05) is 19.2 Å². The van der Waals surface area contributed by atoms with Gasteiger partial charge in [-0.05, 0) is 63.5 Å². The predicted molar refractivity (Wildman–Crippen MR) is 86.0 cm³/mol. The molecule has 4 nitrogen and oxygen atoms in total. The van der Waals surface area contributed by atoms with Crippen molar-refractivity contribution in [3.8, 4) is 5.75 Å². The van der Waals surface area contributed by atoms with Crippen LogP contribution in [0.5, 0.6) is 5.75 Å². The minimum absolute atomic E-state index is 0.902. The van der Waals surface area contributed by atoms with Gasteiger partial charge in [0, 0.05) is 12.2 Å². The van der Waals surface area contributed by atoms with Crippen LogP contribution in [-0.2, 0) is 19.4 Å². The Bertz CT molecular complexity index is 572. The van der Waals surface area contributed by atoms with E-state index in [4.69, 9.17) is 4.74 Å². The largest absolute Gasteiger partial charge is 0.497 e. The molecule has 1 heterocycles. The number of hydrogen-bond donors (Lipinski definition) is 1. The van der Waals surface area contributed by atoms with Crippen LogP contribution in [0.1, 0.15) is 22.5 Å². The van der Waals surface area contributed by atoms with Crippen molar-refractivity contribution in [1.29, 1.82) is 0 Å². The predicted octanol–water partition coefficient (Wildman–Crippen LogP) is 2.51. The maximum atomic E-state index is 5.18. The summed E-state index contributed by atoms with van der Waals surface area (Å²) in [5, 5.41) is 7.88. The van der Waals surface area contributed by atoms with Gasteiger partial charge in [-0.15, -0.1) is 0 Å². The summed E-state index contributed by atoms with van der Waals surface area (Å²) in [6, 6.07) is 8.25. The zero-order chi connectivity index (χ0) is 15.2. The topological polar surface area (TPSA) is 39.1 Å². The summed E-state index contributed by atoms with van der Waals surface area (Å²) >= 11 is 0. The van der Waals surface area contributed by atoms with Crippen LogP contribution in [0.4, 0.5) is 0 Å². The van der Waals surface area contributed by atoms with Gasteiger partial charge in [0.15, 0.2) is 0 Å². The molecule has 0 aliphatic heterocycles. The highest BCUT2D eigenvalue weighted by Crippen LogP contribution is 2.16. The number of aromatic nitrogens is 2. The molecule has 0 aliphatic rings. The molecule has 0 spiro atoms. The molecule has 4 heteroatoms. The van der Waals surface area contributed by atoms with Crippen molar-refractivity contribution in [2.24, 2.45) is 0 Å². The minimum Gasteiger partial charge on any atom is -0.497 e. The molecule has 0 unspecified atom stereocenters. The summed E-state index contributed by atoms with van der Waals surface area (Å²) in [4.78, 5) is 0. The lowest BCUT2D eigenvalue weighted by Crippen LogP contribution is -2.11. The fraction of sp³-hybridized carbons (Fsp3) is 0.471. The lowest BCUT2D eigenvalue weighted by molar-refractivity contribution is 0.414. The highest BCUT2D eigenvalue weighted by Gasteiger charge is 2.10. The van der Waals surface area contributed by atoms with E-state index in [-0.39, 0.29) is 0 Å². The quantitative estimate of drug-likeness (QED) is 0.850. The third-order valence-corrected chi connectivity index (χ3v) is 3.93. The monoisotopic (exact) mass is 287 g/mol. The van der Waals surface area contributed by atoms with Crippen molar-refractivity contribution < 1.29 is 4.74 Å². The molecular weight excluding hydrogens is 262 g/mol. The third-order valence-electron chi connectivity index (χ3n) is 3.93. The molecule has 0 saturated heterocycles. The van der Waals surface area contributed by atoms with Crippen LogP contribution in [0.3, 0.4) is 0 Å². The van der Waals surface area contributed by atoms with Gasteiger partial charge >= 0.3 is 0 Å². The first-order valence-corrected chi connectivity index (χ1v) is 7.46. The highest BCUT2D eigenvalue weighted by molar-refractivity contribution is 5.28. The maximum absolute atomic E-state index is 5.18. The molecule has 1 aromatic carbocycles.